The van der Waals surface area contributed by atoms with Gasteiger partial charge in [0.25, 0.3) is 0 Å². The minimum atomic E-state index is -0.311. The highest BCUT2D eigenvalue weighted by atomic mass is 35.5. The summed E-state index contributed by atoms with van der Waals surface area (Å²) in [5, 5.41) is 17.4. The lowest BCUT2D eigenvalue weighted by Crippen LogP contribution is -2.23. The van der Waals surface area contributed by atoms with Crippen molar-refractivity contribution in [2.24, 2.45) is 0 Å². The number of aromatic nitrogens is 2. The molecule has 0 spiro atoms. The first-order valence-electron chi connectivity index (χ1n) is 4.38. The zero-order valence-corrected chi connectivity index (χ0v) is 8.28. The Morgan fingerprint density at radius 1 is 1.64 bits per heavy atom. The second-order valence-corrected chi connectivity index (χ2v) is 3.70. The van der Waals surface area contributed by atoms with E-state index in [0.717, 1.165) is 13.0 Å². The SMILES string of the molecule is Nc1cnnc(N2CC[C@@H](O)C2)c1Cl. The zero-order valence-electron chi connectivity index (χ0n) is 7.52. The summed E-state index contributed by atoms with van der Waals surface area (Å²) in [7, 11) is 0. The summed E-state index contributed by atoms with van der Waals surface area (Å²) >= 11 is 5.97. The van der Waals surface area contributed by atoms with Gasteiger partial charge in [0.15, 0.2) is 5.82 Å². The molecule has 6 heteroatoms. The Bertz CT molecular complexity index is 346. The van der Waals surface area contributed by atoms with Gasteiger partial charge in [0.2, 0.25) is 0 Å². The minimum Gasteiger partial charge on any atom is -0.396 e. The molecule has 0 saturated carbocycles. The molecule has 3 N–H and O–H groups in total. The van der Waals surface area contributed by atoms with E-state index in [0.29, 0.717) is 23.1 Å². The van der Waals surface area contributed by atoms with E-state index in [-0.39, 0.29) is 6.10 Å². The maximum absolute atomic E-state index is 9.36. The van der Waals surface area contributed by atoms with Crippen molar-refractivity contribution < 1.29 is 5.11 Å². The molecule has 0 aromatic carbocycles. The molecule has 1 atom stereocenters. The molecule has 2 heterocycles. The van der Waals surface area contributed by atoms with Crippen LogP contribution in [0, 0.1) is 0 Å². The highest BCUT2D eigenvalue weighted by Crippen LogP contribution is 2.29. The zero-order chi connectivity index (χ0) is 10.1. The van der Waals surface area contributed by atoms with Gasteiger partial charge in [0.05, 0.1) is 18.0 Å². The Morgan fingerprint density at radius 2 is 2.43 bits per heavy atom. The fraction of sp³-hybridized carbons (Fsp3) is 0.500. The molecule has 14 heavy (non-hydrogen) atoms. The summed E-state index contributed by atoms with van der Waals surface area (Å²) in [6.45, 7) is 1.27. The molecule has 0 radical (unpaired) electrons. The fourth-order valence-corrected chi connectivity index (χ4v) is 1.72. The molecule has 0 bridgehead atoms. The number of nitrogens with two attached hydrogens (primary N) is 1. The molecule has 1 fully saturated rings. The fourth-order valence-electron chi connectivity index (χ4n) is 1.51. The van der Waals surface area contributed by atoms with Crippen LogP contribution in [-0.4, -0.2) is 34.5 Å². The van der Waals surface area contributed by atoms with Crippen LogP contribution in [-0.2, 0) is 0 Å². The van der Waals surface area contributed by atoms with Crippen LogP contribution in [0.3, 0.4) is 0 Å². The third kappa shape index (κ3) is 1.60. The number of nitrogen functional groups attached to an aromatic ring is 1. The normalized spacial score (nSPS) is 21.6. The first-order valence-corrected chi connectivity index (χ1v) is 4.76. The topological polar surface area (TPSA) is 75.3 Å². The smallest absolute Gasteiger partial charge is 0.172 e. The van der Waals surface area contributed by atoms with Crippen LogP contribution in [0.25, 0.3) is 0 Å². The number of halogens is 1. The van der Waals surface area contributed by atoms with E-state index in [1.54, 1.807) is 0 Å². The first-order chi connectivity index (χ1) is 6.68. The van der Waals surface area contributed by atoms with Gasteiger partial charge in [-0.3, -0.25) is 0 Å². The highest BCUT2D eigenvalue weighted by Gasteiger charge is 2.24. The number of aliphatic hydroxyl groups excluding tert-OH is 1. The van der Waals surface area contributed by atoms with Crippen LogP contribution in [0.2, 0.25) is 5.02 Å². The monoisotopic (exact) mass is 214 g/mol. The number of nitrogens with zero attached hydrogens (tertiary/aromatic N) is 3. The van der Waals surface area contributed by atoms with E-state index < -0.39 is 0 Å². The second-order valence-electron chi connectivity index (χ2n) is 3.33. The number of hydrogen-bond donors (Lipinski definition) is 2. The van der Waals surface area contributed by atoms with Crippen LogP contribution < -0.4 is 10.6 Å². The Kier molecular flexibility index (Phi) is 2.43. The van der Waals surface area contributed by atoms with Gasteiger partial charge in [-0.25, -0.2) is 0 Å². The minimum absolute atomic E-state index is 0.311. The van der Waals surface area contributed by atoms with Gasteiger partial charge >= 0.3 is 0 Å². The van der Waals surface area contributed by atoms with Crippen LogP contribution >= 0.6 is 11.6 Å². The van der Waals surface area contributed by atoms with E-state index in [1.807, 2.05) is 4.90 Å². The largest absolute Gasteiger partial charge is 0.396 e. The van der Waals surface area contributed by atoms with Crippen LogP contribution in [0.4, 0.5) is 11.5 Å². The highest BCUT2D eigenvalue weighted by molar-refractivity contribution is 6.35. The standard InChI is InChI=1S/C8H11ClN4O/c9-7-6(10)3-11-12-8(7)13-2-1-5(14)4-13/h3,5,14H,1-2,4H2,(H2,10,12)/t5-/m1/s1. The van der Waals surface area contributed by atoms with Crippen molar-refractivity contribution in [3.63, 3.8) is 0 Å². The van der Waals surface area contributed by atoms with Crippen molar-refractivity contribution in [2.45, 2.75) is 12.5 Å². The second kappa shape index (κ2) is 3.59. The number of hydrogen-bond acceptors (Lipinski definition) is 5. The average molecular weight is 215 g/mol. The summed E-state index contributed by atoms with van der Waals surface area (Å²) in [5.41, 5.74) is 6.01. The van der Waals surface area contributed by atoms with E-state index in [1.165, 1.54) is 6.20 Å². The molecule has 76 valence electrons. The van der Waals surface area contributed by atoms with E-state index in [9.17, 15) is 5.11 Å². The van der Waals surface area contributed by atoms with Crippen LogP contribution in [0.5, 0.6) is 0 Å². The molecule has 0 amide bonds. The van der Waals surface area contributed by atoms with Crippen molar-refractivity contribution in [2.75, 3.05) is 23.7 Å². The Labute approximate surface area is 86.5 Å². The van der Waals surface area contributed by atoms with Crippen molar-refractivity contribution >= 4 is 23.1 Å². The van der Waals surface area contributed by atoms with Gasteiger partial charge in [0.1, 0.15) is 5.02 Å². The third-order valence-electron chi connectivity index (χ3n) is 2.26. The van der Waals surface area contributed by atoms with Gasteiger partial charge < -0.3 is 15.7 Å². The van der Waals surface area contributed by atoms with Crippen molar-refractivity contribution in [1.29, 1.82) is 0 Å². The summed E-state index contributed by atoms with van der Waals surface area (Å²) in [6, 6.07) is 0. The number of anilines is 2. The Balaban J connectivity index is 2.28. The molecule has 1 aliphatic rings. The lowest BCUT2D eigenvalue weighted by atomic mass is 10.3. The predicted molar refractivity (Wildman–Crippen MR) is 54.3 cm³/mol. The molecule has 1 aromatic heterocycles. The quantitative estimate of drug-likeness (QED) is 0.703. The summed E-state index contributed by atoms with van der Waals surface area (Å²) in [6.07, 6.45) is 1.83. The summed E-state index contributed by atoms with van der Waals surface area (Å²) in [5.74, 6) is 0.559. The van der Waals surface area contributed by atoms with E-state index in [4.69, 9.17) is 17.3 Å². The molecule has 0 aliphatic carbocycles. The molecular weight excluding hydrogens is 204 g/mol. The Hall–Kier alpha value is -1.07. The van der Waals surface area contributed by atoms with Crippen LogP contribution in [0.1, 0.15) is 6.42 Å². The van der Waals surface area contributed by atoms with Crippen molar-refractivity contribution in [3.8, 4) is 0 Å². The van der Waals surface area contributed by atoms with Crippen molar-refractivity contribution in [3.05, 3.63) is 11.2 Å². The maximum Gasteiger partial charge on any atom is 0.172 e. The van der Waals surface area contributed by atoms with Gasteiger partial charge in [-0.05, 0) is 6.42 Å². The Morgan fingerprint density at radius 3 is 3.07 bits per heavy atom. The lowest BCUT2D eigenvalue weighted by Gasteiger charge is -2.17. The van der Waals surface area contributed by atoms with Gasteiger partial charge in [0, 0.05) is 13.1 Å². The van der Waals surface area contributed by atoms with Crippen LogP contribution in [0.15, 0.2) is 6.20 Å². The first kappa shape index (κ1) is 9.48. The van der Waals surface area contributed by atoms with Gasteiger partial charge in [-0.1, -0.05) is 11.6 Å². The number of rotatable bonds is 1. The molecule has 1 saturated heterocycles. The summed E-state index contributed by atoms with van der Waals surface area (Å²) < 4.78 is 0. The molecule has 5 nitrogen and oxygen atoms in total. The average Bonchev–Trinajstić information content (AvgIpc) is 2.57. The van der Waals surface area contributed by atoms with Gasteiger partial charge in [-0.15, -0.1) is 5.10 Å². The third-order valence-corrected chi connectivity index (χ3v) is 2.65. The van der Waals surface area contributed by atoms with E-state index >= 15 is 0 Å². The molecule has 2 rings (SSSR count). The molecule has 1 aliphatic heterocycles. The summed E-state index contributed by atoms with van der Waals surface area (Å²) in [4.78, 5) is 1.89. The lowest BCUT2D eigenvalue weighted by molar-refractivity contribution is 0.198. The number of β-amino-alcohol motifs (C(OH)–C–C–N with tert-alkyl or cyclic N) is 1. The van der Waals surface area contributed by atoms with E-state index in [2.05, 4.69) is 10.2 Å². The van der Waals surface area contributed by atoms with Crippen molar-refractivity contribution in [1.82, 2.24) is 10.2 Å². The molecule has 0 unspecified atom stereocenters. The maximum atomic E-state index is 9.36. The molecular formula is C8H11ClN4O. The number of aliphatic hydroxyl groups is 1. The predicted octanol–water partition coefficient (Wildman–Crippen LogP) is 0.283. The van der Waals surface area contributed by atoms with Gasteiger partial charge in [-0.2, -0.15) is 5.10 Å². The molecule has 1 aromatic rings.